The van der Waals surface area contributed by atoms with E-state index in [2.05, 4.69) is 31.2 Å². The average Bonchev–Trinajstić information content (AvgIpc) is 2.86. The van der Waals surface area contributed by atoms with Gasteiger partial charge in [-0.25, -0.2) is 0 Å². The lowest BCUT2D eigenvalue weighted by Gasteiger charge is -2.29. The summed E-state index contributed by atoms with van der Waals surface area (Å²) >= 11 is 0. The topological polar surface area (TPSA) is 103 Å². The maximum atomic E-state index is 6.06. The second kappa shape index (κ2) is 13.3. The van der Waals surface area contributed by atoms with E-state index in [1.807, 2.05) is 6.07 Å². The summed E-state index contributed by atoms with van der Waals surface area (Å²) in [6.07, 6.45) is 13.5. The molecule has 0 unspecified atom stereocenters. The van der Waals surface area contributed by atoms with E-state index in [-0.39, 0.29) is 0 Å². The molecule has 0 spiro atoms. The molecule has 3 aliphatic rings. The Morgan fingerprint density at radius 1 is 0.909 bits per heavy atom. The van der Waals surface area contributed by atoms with Crippen LogP contribution in [0.1, 0.15) is 64.2 Å². The van der Waals surface area contributed by atoms with E-state index in [0.29, 0.717) is 5.82 Å². The molecular formula is C25H46N8. The van der Waals surface area contributed by atoms with Crippen LogP contribution in [-0.4, -0.2) is 68.4 Å². The van der Waals surface area contributed by atoms with Crippen molar-refractivity contribution in [1.82, 2.24) is 25.9 Å². The number of nitrogens with one attached hydrogen (secondary N) is 4. The first-order chi connectivity index (χ1) is 16.3. The number of aromatic nitrogens is 2. The van der Waals surface area contributed by atoms with E-state index in [0.717, 1.165) is 68.9 Å². The Labute approximate surface area is 200 Å². The molecule has 6 N–H and O–H groups in total. The van der Waals surface area contributed by atoms with E-state index in [1.54, 1.807) is 0 Å². The predicted octanol–water partition coefficient (Wildman–Crippen LogP) is 2.59. The third-order valence-corrected chi connectivity index (χ3v) is 7.67. The number of anilines is 3. The van der Waals surface area contributed by atoms with Gasteiger partial charge in [0.15, 0.2) is 0 Å². The molecule has 186 valence electrons. The molecule has 1 aromatic heterocycles. The van der Waals surface area contributed by atoms with Crippen molar-refractivity contribution in [3.05, 3.63) is 6.07 Å². The Hall–Kier alpha value is -1.64. The van der Waals surface area contributed by atoms with Crippen LogP contribution in [0.4, 0.5) is 17.6 Å². The highest BCUT2D eigenvalue weighted by atomic mass is 15.3. The van der Waals surface area contributed by atoms with Gasteiger partial charge in [-0.3, -0.25) is 0 Å². The van der Waals surface area contributed by atoms with Crippen molar-refractivity contribution in [1.29, 1.82) is 0 Å². The Morgan fingerprint density at radius 3 is 2.39 bits per heavy atom. The lowest BCUT2D eigenvalue weighted by molar-refractivity contribution is 0.275. The molecule has 2 saturated carbocycles. The summed E-state index contributed by atoms with van der Waals surface area (Å²) < 4.78 is 0. The van der Waals surface area contributed by atoms with E-state index < -0.39 is 0 Å². The highest BCUT2D eigenvalue weighted by Crippen LogP contribution is 2.29. The minimum atomic E-state index is 0.546. The summed E-state index contributed by atoms with van der Waals surface area (Å²) in [7, 11) is 0. The van der Waals surface area contributed by atoms with Gasteiger partial charge < -0.3 is 31.9 Å². The third kappa shape index (κ3) is 8.26. The van der Waals surface area contributed by atoms with Crippen LogP contribution >= 0.6 is 0 Å². The fraction of sp³-hybridized carbons (Fsp3) is 0.840. The SMILES string of the molecule is Nc1cc(NC[C@H]2CC[C@H](CNCCCNC3CCCCC3)CC2)nc(N2CCNCC2)n1. The second-order valence-corrected chi connectivity index (χ2v) is 10.3. The normalized spacial score (nSPS) is 24.7. The van der Waals surface area contributed by atoms with Gasteiger partial charge >= 0.3 is 0 Å². The summed E-state index contributed by atoms with van der Waals surface area (Å²) in [4.78, 5) is 11.4. The molecule has 2 aliphatic carbocycles. The predicted molar refractivity (Wildman–Crippen MR) is 138 cm³/mol. The fourth-order valence-corrected chi connectivity index (χ4v) is 5.57. The van der Waals surface area contributed by atoms with E-state index in [1.165, 1.54) is 77.3 Å². The number of piperazine rings is 1. The lowest BCUT2D eigenvalue weighted by atomic mass is 9.82. The first kappa shape index (κ1) is 24.5. The Bertz CT molecular complexity index is 679. The molecule has 0 radical (unpaired) electrons. The Morgan fingerprint density at radius 2 is 1.64 bits per heavy atom. The van der Waals surface area contributed by atoms with Gasteiger partial charge in [-0.1, -0.05) is 19.3 Å². The summed E-state index contributed by atoms with van der Waals surface area (Å²) in [5.41, 5.74) is 6.06. The zero-order chi connectivity index (χ0) is 22.7. The van der Waals surface area contributed by atoms with Crippen LogP contribution in [0, 0.1) is 11.8 Å². The van der Waals surface area contributed by atoms with Crippen molar-refractivity contribution >= 4 is 17.6 Å². The van der Waals surface area contributed by atoms with Crippen LogP contribution in [0.5, 0.6) is 0 Å². The van der Waals surface area contributed by atoms with Crippen molar-refractivity contribution in [3.63, 3.8) is 0 Å². The van der Waals surface area contributed by atoms with Crippen LogP contribution in [0.3, 0.4) is 0 Å². The highest BCUT2D eigenvalue weighted by Gasteiger charge is 2.21. The highest BCUT2D eigenvalue weighted by molar-refractivity contribution is 5.51. The molecule has 1 saturated heterocycles. The van der Waals surface area contributed by atoms with Gasteiger partial charge in [0.2, 0.25) is 5.95 Å². The fourth-order valence-electron chi connectivity index (χ4n) is 5.57. The van der Waals surface area contributed by atoms with Crippen molar-refractivity contribution in [3.8, 4) is 0 Å². The van der Waals surface area contributed by atoms with E-state index in [4.69, 9.17) is 10.7 Å². The maximum absolute atomic E-state index is 6.06. The van der Waals surface area contributed by atoms with E-state index >= 15 is 0 Å². The van der Waals surface area contributed by atoms with Crippen molar-refractivity contribution < 1.29 is 0 Å². The molecule has 0 atom stereocenters. The molecule has 8 heteroatoms. The zero-order valence-corrected chi connectivity index (χ0v) is 20.5. The number of hydrogen-bond donors (Lipinski definition) is 5. The smallest absolute Gasteiger partial charge is 0.229 e. The van der Waals surface area contributed by atoms with Crippen LogP contribution in [-0.2, 0) is 0 Å². The van der Waals surface area contributed by atoms with E-state index in [9.17, 15) is 0 Å². The molecule has 1 aliphatic heterocycles. The van der Waals surface area contributed by atoms with Crippen molar-refractivity contribution in [2.75, 3.05) is 68.3 Å². The maximum Gasteiger partial charge on any atom is 0.229 e. The Balaban J connectivity index is 1.07. The molecule has 4 rings (SSSR count). The summed E-state index contributed by atoms with van der Waals surface area (Å²) in [6, 6.07) is 2.65. The van der Waals surface area contributed by atoms with Crippen molar-refractivity contribution in [2.45, 2.75) is 70.3 Å². The van der Waals surface area contributed by atoms with Crippen LogP contribution in [0.2, 0.25) is 0 Å². The number of rotatable bonds is 11. The van der Waals surface area contributed by atoms with Gasteiger partial charge in [0.1, 0.15) is 11.6 Å². The molecular weight excluding hydrogens is 412 g/mol. The van der Waals surface area contributed by atoms with Crippen LogP contribution < -0.4 is 31.9 Å². The number of nitrogens with zero attached hydrogens (tertiary/aromatic N) is 3. The van der Waals surface area contributed by atoms with Gasteiger partial charge in [-0.15, -0.1) is 0 Å². The van der Waals surface area contributed by atoms with Gasteiger partial charge in [0.05, 0.1) is 0 Å². The molecule has 1 aromatic rings. The lowest BCUT2D eigenvalue weighted by Crippen LogP contribution is -2.44. The molecule has 3 fully saturated rings. The first-order valence-electron chi connectivity index (χ1n) is 13.5. The van der Waals surface area contributed by atoms with Crippen LogP contribution in [0.15, 0.2) is 6.07 Å². The molecule has 0 amide bonds. The van der Waals surface area contributed by atoms with Gasteiger partial charge in [0, 0.05) is 44.8 Å². The van der Waals surface area contributed by atoms with Gasteiger partial charge in [-0.05, 0) is 76.4 Å². The van der Waals surface area contributed by atoms with Gasteiger partial charge in [0.25, 0.3) is 0 Å². The minimum Gasteiger partial charge on any atom is -0.383 e. The molecule has 2 heterocycles. The minimum absolute atomic E-state index is 0.546. The summed E-state index contributed by atoms with van der Waals surface area (Å²) in [5, 5.41) is 14.4. The summed E-state index contributed by atoms with van der Waals surface area (Å²) in [6.45, 7) is 8.26. The molecule has 0 bridgehead atoms. The monoisotopic (exact) mass is 458 g/mol. The molecule has 0 aromatic carbocycles. The summed E-state index contributed by atoms with van der Waals surface area (Å²) in [5.74, 6) is 3.72. The van der Waals surface area contributed by atoms with Crippen molar-refractivity contribution in [2.24, 2.45) is 11.8 Å². The first-order valence-corrected chi connectivity index (χ1v) is 13.5. The zero-order valence-electron chi connectivity index (χ0n) is 20.5. The second-order valence-electron chi connectivity index (χ2n) is 10.3. The molecule has 33 heavy (non-hydrogen) atoms. The third-order valence-electron chi connectivity index (χ3n) is 7.67. The number of hydrogen-bond acceptors (Lipinski definition) is 8. The Kier molecular flexibility index (Phi) is 9.87. The standard InChI is InChI=1S/C25H46N8/c26-23-17-24(32-25(31-23)33-15-13-27-14-16-33)30-19-21-9-7-20(8-10-21)18-28-11-4-12-29-22-5-2-1-3-6-22/h17,20-22,27-29H,1-16,18-19H2,(H3,26,30,31,32)/t20-,21-. The van der Waals surface area contributed by atoms with Crippen LogP contribution in [0.25, 0.3) is 0 Å². The molecule has 8 nitrogen and oxygen atoms in total. The quantitative estimate of drug-likeness (QED) is 0.323. The van der Waals surface area contributed by atoms with Gasteiger partial charge in [-0.2, -0.15) is 9.97 Å². The number of nitrogens with two attached hydrogens (primary N) is 1. The average molecular weight is 459 g/mol. The number of nitrogen functional groups attached to an aromatic ring is 1. The largest absolute Gasteiger partial charge is 0.383 e.